The fraction of sp³-hybridized carbons (Fsp3) is 0.222. The van der Waals surface area contributed by atoms with Crippen LogP contribution in [0.4, 0.5) is 0 Å². The summed E-state index contributed by atoms with van der Waals surface area (Å²) in [5.74, 6) is 0. The van der Waals surface area contributed by atoms with Crippen molar-refractivity contribution in [2.24, 2.45) is 0 Å². The number of allylic oxidation sites excluding steroid dienone is 6. The van der Waals surface area contributed by atoms with E-state index in [1.165, 1.54) is 0 Å². The summed E-state index contributed by atoms with van der Waals surface area (Å²) in [6.07, 6.45) is 9.69. The van der Waals surface area contributed by atoms with Crippen molar-refractivity contribution < 1.29 is 0 Å². The Kier molecular flexibility index (Phi) is 3.13. The van der Waals surface area contributed by atoms with Gasteiger partial charge in [0.05, 0.1) is 11.6 Å². The molecule has 0 saturated carbocycles. The van der Waals surface area contributed by atoms with Gasteiger partial charge in [-0.1, -0.05) is 28.1 Å². The average molecular weight is 210 g/mol. The summed E-state index contributed by atoms with van der Waals surface area (Å²) < 4.78 is 1.09. The Morgan fingerprint density at radius 2 is 2.36 bits per heavy atom. The Morgan fingerprint density at radius 3 is 3.09 bits per heavy atom. The maximum atomic E-state index is 8.61. The highest BCUT2D eigenvalue weighted by Crippen LogP contribution is 2.17. The number of nitriles is 1. The lowest BCUT2D eigenvalue weighted by atomic mass is 10.1. The lowest BCUT2D eigenvalue weighted by Crippen LogP contribution is -1.79. The summed E-state index contributed by atoms with van der Waals surface area (Å²) in [4.78, 5) is 0. The Hall–Kier alpha value is -0.810. The normalized spacial score (nSPS) is 20.4. The van der Waals surface area contributed by atoms with Crippen LogP contribution in [0.3, 0.4) is 0 Å². The predicted octanol–water partition coefficient (Wildman–Crippen LogP) is 3.07. The van der Waals surface area contributed by atoms with Crippen molar-refractivity contribution >= 4 is 15.9 Å². The first-order chi connectivity index (χ1) is 5.33. The quantitative estimate of drug-likeness (QED) is 0.602. The van der Waals surface area contributed by atoms with E-state index in [4.69, 9.17) is 5.26 Å². The van der Waals surface area contributed by atoms with E-state index in [9.17, 15) is 0 Å². The third-order valence-corrected chi connectivity index (χ3v) is 2.03. The van der Waals surface area contributed by atoms with Crippen molar-refractivity contribution in [3.63, 3.8) is 0 Å². The van der Waals surface area contributed by atoms with Gasteiger partial charge in [-0.05, 0) is 29.5 Å². The van der Waals surface area contributed by atoms with Crippen molar-refractivity contribution in [3.05, 3.63) is 34.4 Å². The van der Waals surface area contributed by atoms with Gasteiger partial charge in [-0.25, -0.2) is 0 Å². The summed E-state index contributed by atoms with van der Waals surface area (Å²) in [6, 6.07) is 2.11. The molecule has 0 aromatic heterocycles. The van der Waals surface area contributed by atoms with Gasteiger partial charge in [0.2, 0.25) is 0 Å². The Labute approximate surface area is 74.8 Å². The van der Waals surface area contributed by atoms with Gasteiger partial charge in [-0.15, -0.1) is 0 Å². The van der Waals surface area contributed by atoms with Gasteiger partial charge in [0.1, 0.15) is 0 Å². The smallest absolute Gasteiger partial charge is 0.0991 e. The first-order valence-electron chi connectivity index (χ1n) is 3.46. The van der Waals surface area contributed by atoms with E-state index in [1.807, 2.05) is 18.2 Å². The summed E-state index contributed by atoms with van der Waals surface area (Å²) in [7, 11) is 0. The van der Waals surface area contributed by atoms with E-state index >= 15 is 0 Å². The average Bonchev–Trinajstić information content (AvgIpc) is 1.96. The molecule has 56 valence electrons. The third kappa shape index (κ3) is 2.73. The van der Waals surface area contributed by atoms with Crippen LogP contribution in [0.5, 0.6) is 0 Å². The standard InChI is InChI=1S/C9H8BrN/c10-9-5-3-1-2-4-8(6-9)7-11/h1-2,4,6H,3,5H2/b2-1-,8-4?,9-6?. The van der Waals surface area contributed by atoms with Crippen LogP contribution in [0.1, 0.15) is 12.8 Å². The molecule has 0 radical (unpaired) electrons. The van der Waals surface area contributed by atoms with Crippen LogP contribution in [-0.4, -0.2) is 0 Å². The maximum Gasteiger partial charge on any atom is 0.0991 e. The molecule has 1 aliphatic carbocycles. The zero-order chi connectivity index (χ0) is 8.10. The van der Waals surface area contributed by atoms with E-state index < -0.39 is 0 Å². The predicted molar refractivity (Wildman–Crippen MR) is 49.1 cm³/mol. The largest absolute Gasteiger partial charge is 0.192 e. The van der Waals surface area contributed by atoms with Crippen molar-refractivity contribution in [2.75, 3.05) is 0 Å². The third-order valence-electron chi connectivity index (χ3n) is 1.40. The number of halogens is 1. The van der Waals surface area contributed by atoms with E-state index in [0.717, 1.165) is 17.3 Å². The number of hydrogen-bond acceptors (Lipinski definition) is 1. The minimum absolute atomic E-state index is 0.702. The molecule has 0 spiro atoms. The second kappa shape index (κ2) is 4.15. The van der Waals surface area contributed by atoms with E-state index in [2.05, 4.69) is 28.1 Å². The van der Waals surface area contributed by atoms with Crippen LogP contribution in [0.2, 0.25) is 0 Å². The van der Waals surface area contributed by atoms with Gasteiger partial charge >= 0.3 is 0 Å². The van der Waals surface area contributed by atoms with E-state index in [1.54, 1.807) is 0 Å². The minimum Gasteiger partial charge on any atom is -0.192 e. The monoisotopic (exact) mass is 209 g/mol. The molecule has 0 aliphatic heterocycles. The van der Waals surface area contributed by atoms with Gasteiger partial charge in [-0.3, -0.25) is 0 Å². The Bertz CT molecular complexity index is 266. The van der Waals surface area contributed by atoms with Crippen LogP contribution < -0.4 is 0 Å². The van der Waals surface area contributed by atoms with Crippen molar-refractivity contribution in [2.45, 2.75) is 12.8 Å². The highest BCUT2D eigenvalue weighted by Gasteiger charge is 1.95. The number of rotatable bonds is 0. The van der Waals surface area contributed by atoms with Crippen LogP contribution in [-0.2, 0) is 0 Å². The summed E-state index contributed by atoms with van der Waals surface area (Å²) in [5, 5.41) is 8.61. The fourth-order valence-corrected chi connectivity index (χ4v) is 1.32. The molecule has 0 aromatic rings. The molecule has 1 aliphatic rings. The number of nitrogens with zero attached hydrogens (tertiary/aromatic N) is 1. The lowest BCUT2D eigenvalue weighted by Gasteiger charge is -1.97. The zero-order valence-corrected chi connectivity index (χ0v) is 7.63. The molecule has 0 heterocycles. The molecule has 1 nitrogen and oxygen atoms in total. The second-order valence-corrected chi connectivity index (χ2v) is 3.31. The highest BCUT2D eigenvalue weighted by molar-refractivity contribution is 9.11. The Balaban J connectivity index is 2.89. The molecule has 1 rings (SSSR count). The SMILES string of the molecule is N#CC1=C/C=C\CCC(Br)=C1. The van der Waals surface area contributed by atoms with Crippen molar-refractivity contribution in [1.82, 2.24) is 0 Å². The molecule has 2 heteroatoms. The molecule has 0 atom stereocenters. The highest BCUT2D eigenvalue weighted by atomic mass is 79.9. The maximum absolute atomic E-state index is 8.61. The fourth-order valence-electron chi connectivity index (χ4n) is 0.848. The van der Waals surface area contributed by atoms with Crippen LogP contribution in [0.25, 0.3) is 0 Å². The second-order valence-electron chi connectivity index (χ2n) is 2.29. The van der Waals surface area contributed by atoms with E-state index in [0.29, 0.717) is 5.57 Å². The molecular formula is C9H8BrN. The Morgan fingerprint density at radius 1 is 1.55 bits per heavy atom. The number of hydrogen-bond donors (Lipinski definition) is 0. The van der Waals surface area contributed by atoms with Gasteiger partial charge < -0.3 is 0 Å². The van der Waals surface area contributed by atoms with Gasteiger partial charge in [0.15, 0.2) is 0 Å². The van der Waals surface area contributed by atoms with E-state index in [-0.39, 0.29) is 0 Å². The van der Waals surface area contributed by atoms with Crippen LogP contribution in [0.15, 0.2) is 34.4 Å². The van der Waals surface area contributed by atoms with Crippen LogP contribution in [0, 0.1) is 11.3 Å². The molecule has 0 amide bonds. The molecule has 0 bridgehead atoms. The molecule has 0 unspecified atom stereocenters. The summed E-state index contributed by atoms with van der Waals surface area (Å²) in [6.45, 7) is 0. The molecule has 0 saturated heterocycles. The van der Waals surface area contributed by atoms with Crippen molar-refractivity contribution in [3.8, 4) is 6.07 Å². The lowest BCUT2D eigenvalue weighted by molar-refractivity contribution is 1.04. The molecule has 0 aromatic carbocycles. The molecule has 0 fully saturated rings. The van der Waals surface area contributed by atoms with Crippen LogP contribution >= 0.6 is 15.9 Å². The first-order valence-corrected chi connectivity index (χ1v) is 4.25. The molecule has 11 heavy (non-hydrogen) atoms. The van der Waals surface area contributed by atoms with Crippen molar-refractivity contribution in [1.29, 1.82) is 5.26 Å². The molecule has 0 N–H and O–H groups in total. The summed E-state index contributed by atoms with van der Waals surface area (Å²) in [5.41, 5.74) is 0.702. The van der Waals surface area contributed by atoms with Gasteiger partial charge in [0, 0.05) is 0 Å². The van der Waals surface area contributed by atoms with Gasteiger partial charge in [0.25, 0.3) is 0 Å². The first kappa shape index (κ1) is 8.29. The molecular weight excluding hydrogens is 202 g/mol. The van der Waals surface area contributed by atoms with Gasteiger partial charge in [-0.2, -0.15) is 5.26 Å². The summed E-state index contributed by atoms with van der Waals surface area (Å²) >= 11 is 3.39. The topological polar surface area (TPSA) is 23.8 Å². The zero-order valence-electron chi connectivity index (χ0n) is 6.05. The minimum atomic E-state index is 0.702.